The predicted octanol–water partition coefficient (Wildman–Crippen LogP) is 3.19. The summed E-state index contributed by atoms with van der Waals surface area (Å²) in [4.78, 5) is 4.72. The topological polar surface area (TPSA) is 56.3 Å². The van der Waals surface area contributed by atoms with Gasteiger partial charge in [-0.05, 0) is 0 Å². The van der Waals surface area contributed by atoms with Crippen LogP contribution in [0.4, 0.5) is 35.1 Å². The first-order valence-electron chi connectivity index (χ1n) is 7.10. The average Bonchev–Trinajstić information content (AvgIpc) is 2.73. The van der Waals surface area contributed by atoms with Crippen molar-refractivity contribution in [1.82, 2.24) is 0 Å². The van der Waals surface area contributed by atoms with Crippen molar-refractivity contribution in [3.05, 3.63) is 90.2 Å². The third kappa shape index (κ3) is 2.97. The molecule has 30 heavy (non-hydrogen) atoms. The minimum atomic E-state index is -2.56. The van der Waals surface area contributed by atoms with Gasteiger partial charge in [0.05, 0.1) is 46.2 Å². The van der Waals surface area contributed by atoms with E-state index >= 15 is 0 Å². The van der Waals surface area contributed by atoms with Crippen LogP contribution in [-0.2, 0) is 0 Å². The van der Waals surface area contributed by atoms with Crippen LogP contribution in [0.1, 0.15) is 0 Å². The highest BCUT2D eigenvalue weighted by Crippen LogP contribution is 2.19. The molecule has 2 aromatic carbocycles. The van der Waals surface area contributed by atoms with Crippen LogP contribution in [0.5, 0.6) is 0 Å². The summed E-state index contributed by atoms with van der Waals surface area (Å²) in [6.07, 6.45) is 0. The molecule has 2 aromatic rings. The highest BCUT2D eigenvalue weighted by molar-refractivity contribution is 5.66. The van der Waals surface area contributed by atoms with Gasteiger partial charge in [-0.25, -0.2) is 55.3 Å². The monoisotopic (exact) mass is 424 g/mol. The van der Waals surface area contributed by atoms with E-state index < -0.39 is 78.8 Å². The van der Waals surface area contributed by atoms with Crippen LogP contribution in [0.2, 0.25) is 0 Å². The molecule has 0 heterocycles. The normalized spacial score (nSPS) is 9.87. The third-order valence-corrected chi connectivity index (χ3v) is 3.69. The number of halogens is 8. The van der Waals surface area contributed by atoms with Gasteiger partial charge in [0.2, 0.25) is 0 Å². The Kier molecular flexibility index (Phi) is 5.76. The molecule has 0 fully saturated rings. The maximum absolute atomic E-state index is 14.3. The van der Waals surface area contributed by atoms with Gasteiger partial charge in [-0.1, -0.05) is 0 Å². The van der Waals surface area contributed by atoms with Gasteiger partial charge in [0, 0.05) is 0 Å². The molecule has 0 aromatic heterocycles. The fourth-order valence-electron chi connectivity index (χ4n) is 2.39. The van der Waals surface area contributed by atoms with E-state index in [0.717, 1.165) is 12.1 Å². The molecule has 0 amide bonds. The summed E-state index contributed by atoms with van der Waals surface area (Å²) < 4.78 is 114. The van der Waals surface area contributed by atoms with E-state index in [1.165, 1.54) is 0 Å². The van der Waals surface area contributed by atoms with Crippen LogP contribution in [0, 0.1) is 92.8 Å². The molecule has 12 heteroatoms. The Bertz CT molecular complexity index is 1300. The van der Waals surface area contributed by atoms with Crippen LogP contribution >= 0.6 is 0 Å². The van der Waals surface area contributed by atoms with Gasteiger partial charge in [-0.3, -0.25) is 0 Å². The molecule has 0 aliphatic carbocycles. The van der Waals surface area contributed by atoms with E-state index in [-0.39, 0.29) is 0 Å². The quantitative estimate of drug-likeness (QED) is 0.371. The fourth-order valence-corrected chi connectivity index (χ4v) is 2.39. The van der Waals surface area contributed by atoms with Gasteiger partial charge in [0.1, 0.15) is 0 Å². The average molecular weight is 424 g/mol. The Labute approximate surface area is 160 Å². The SMILES string of the molecule is [C-]#[N+]C(C#N)=c1c(F)c(F)c(=c2c(F)c(F)c(=C(C#N)[N+]#[C-])c(F)c2F)c(F)c1F. The van der Waals surface area contributed by atoms with Crippen LogP contribution in [0.3, 0.4) is 0 Å². The molecule has 0 saturated carbocycles. The molecule has 0 atom stereocenters. The van der Waals surface area contributed by atoms with Crippen LogP contribution in [-0.4, -0.2) is 0 Å². The van der Waals surface area contributed by atoms with Crippen LogP contribution < -0.4 is 10.4 Å². The minimum absolute atomic E-state index is 0.957. The van der Waals surface area contributed by atoms with Crippen molar-refractivity contribution in [2.24, 2.45) is 0 Å². The van der Waals surface area contributed by atoms with E-state index in [4.69, 9.17) is 23.7 Å². The zero-order valence-electron chi connectivity index (χ0n) is 13.8. The number of nitrogens with zero attached hydrogens (tertiary/aromatic N) is 4. The van der Waals surface area contributed by atoms with Crippen molar-refractivity contribution in [3.8, 4) is 12.1 Å². The Morgan fingerprint density at radius 1 is 0.533 bits per heavy atom. The van der Waals surface area contributed by atoms with Crippen molar-refractivity contribution in [1.29, 1.82) is 10.5 Å². The van der Waals surface area contributed by atoms with Crippen LogP contribution in [0.15, 0.2) is 0 Å². The lowest BCUT2D eigenvalue weighted by molar-refractivity contribution is 0.418. The summed E-state index contributed by atoms with van der Waals surface area (Å²) in [5.41, 5.74) is -2.90. The first kappa shape index (κ1) is 21.9. The molecule has 2 rings (SSSR count). The van der Waals surface area contributed by atoms with Gasteiger partial charge < -0.3 is 0 Å². The molecule has 0 aliphatic heterocycles. The lowest BCUT2D eigenvalue weighted by Gasteiger charge is -2.05. The van der Waals surface area contributed by atoms with E-state index in [2.05, 4.69) is 9.69 Å². The molecule has 0 radical (unpaired) electrons. The molecule has 0 bridgehead atoms. The Morgan fingerprint density at radius 2 is 0.767 bits per heavy atom. The van der Waals surface area contributed by atoms with E-state index in [1.54, 1.807) is 0 Å². The molecule has 0 aliphatic rings. The highest BCUT2D eigenvalue weighted by atomic mass is 19.2. The number of hydrogen-bond donors (Lipinski definition) is 0. The van der Waals surface area contributed by atoms with E-state index in [9.17, 15) is 35.1 Å². The summed E-state index contributed by atoms with van der Waals surface area (Å²) in [6.45, 7) is 13.2. The van der Waals surface area contributed by atoms with Gasteiger partial charge >= 0.3 is 0 Å². The van der Waals surface area contributed by atoms with Crippen molar-refractivity contribution in [2.45, 2.75) is 0 Å². The van der Waals surface area contributed by atoms with Gasteiger partial charge in [-0.15, -0.1) is 0 Å². The first-order valence-corrected chi connectivity index (χ1v) is 7.10. The lowest BCUT2D eigenvalue weighted by Crippen LogP contribution is -2.23. The van der Waals surface area contributed by atoms with Crippen molar-refractivity contribution >= 4 is 11.4 Å². The highest BCUT2D eigenvalue weighted by Gasteiger charge is 2.26. The second-order valence-corrected chi connectivity index (χ2v) is 5.16. The fraction of sp³-hybridized carbons (Fsp3) is 0. The number of benzene rings is 2. The minimum Gasteiger partial charge on any atom is -0.226 e. The largest absolute Gasteiger partial charge is 0.275 e. The molecule has 0 spiro atoms. The zero-order chi connectivity index (χ0) is 22.9. The Morgan fingerprint density at radius 3 is 0.933 bits per heavy atom. The molecule has 0 saturated heterocycles. The maximum atomic E-state index is 14.3. The summed E-state index contributed by atoms with van der Waals surface area (Å²) in [5, 5.41) is 9.26. The molecule has 4 nitrogen and oxygen atoms in total. The van der Waals surface area contributed by atoms with Gasteiger partial charge in [0.25, 0.3) is 11.4 Å². The Hall–Kier alpha value is -4.42. The zero-order valence-corrected chi connectivity index (χ0v) is 13.8. The smallest absolute Gasteiger partial charge is 0.226 e. The first-order chi connectivity index (χ1) is 14.1. The molecule has 0 unspecified atom stereocenters. The standard InChI is InChI=1S/C18F8N4/c1-29-5(3-27)7-11(19)15(23)9(16(24)12(7)20)10-17(25)13(21)8(6(4-28)30-2)14(22)18(10)26. The second kappa shape index (κ2) is 7.90. The predicted molar refractivity (Wildman–Crippen MR) is 80.7 cm³/mol. The van der Waals surface area contributed by atoms with E-state index in [1.807, 2.05) is 0 Å². The summed E-state index contributed by atoms with van der Waals surface area (Å²) >= 11 is 0. The van der Waals surface area contributed by atoms with Gasteiger partial charge in [-0.2, -0.15) is 0 Å². The second-order valence-electron chi connectivity index (χ2n) is 5.16. The molecular formula is C18F8N4. The number of rotatable bonds is 0. The van der Waals surface area contributed by atoms with Crippen molar-refractivity contribution < 1.29 is 35.1 Å². The maximum Gasteiger partial charge on any atom is 0.275 e. The van der Waals surface area contributed by atoms with E-state index in [0.29, 0.717) is 0 Å². The Balaban J connectivity index is 3.51. The van der Waals surface area contributed by atoms with Crippen molar-refractivity contribution in [3.63, 3.8) is 0 Å². The summed E-state index contributed by atoms with van der Waals surface area (Å²) in [7, 11) is 0. The number of hydrogen-bond acceptors (Lipinski definition) is 2. The summed E-state index contributed by atoms with van der Waals surface area (Å²) in [6, 6.07) is 1.91. The molecule has 0 N–H and O–H groups in total. The van der Waals surface area contributed by atoms with Crippen molar-refractivity contribution in [2.75, 3.05) is 0 Å². The molecule has 148 valence electrons. The summed E-state index contributed by atoms with van der Waals surface area (Å²) in [5.74, 6) is -19.9. The van der Waals surface area contributed by atoms with Crippen LogP contribution in [0.25, 0.3) is 21.1 Å². The third-order valence-electron chi connectivity index (χ3n) is 3.69. The lowest BCUT2D eigenvalue weighted by atomic mass is 10.1. The molecular weight excluding hydrogens is 424 g/mol. The van der Waals surface area contributed by atoms with Gasteiger partial charge in [0.15, 0.2) is 46.5 Å². The number of nitriles is 2.